The van der Waals surface area contributed by atoms with Crippen molar-refractivity contribution < 1.29 is 8.78 Å². The van der Waals surface area contributed by atoms with Gasteiger partial charge in [0.1, 0.15) is 0 Å². The van der Waals surface area contributed by atoms with E-state index >= 15 is 0 Å². The normalized spacial score (nSPS) is 19.0. The fraction of sp³-hybridized carbons (Fsp3) is 0.630. The van der Waals surface area contributed by atoms with E-state index in [9.17, 15) is 8.78 Å². The van der Waals surface area contributed by atoms with Crippen LogP contribution in [0.15, 0.2) is 24.3 Å². The topological polar surface area (TPSA) is 25.8 Å². The first-order valence-corrected chi connectivity index (χ1v) is 12.4. The van der Waals surface area contributed by atoms with E-state index in [1.807, 2.05) is 6.07 Å². The Morgan fingerprint density at radius 3 is 2.13 bits per heavy atom. The number of halogens is 2. The van der Waals surface area contributed by atoms with Gasteiger partial charge in [-0.1, -0.05) is 77.7 Å². The van der Waals surface area contributed by atoms with E-state index in [0.29, 0.717) is 23.6 Å². The van der Waals surface area contributed by atoms with Crippen molar-refractivity contribution in [3.63, 3.8) is 0 Å². The number of benzene rings is 1. The van der Waals surface area contributed by atoms with Gasteiger partial charge in [-0.3, -0.25) is 0 Å². The molecular weight excluding hydrogens is 390 g/mol. The molecule has 3 rings (SSSR count). The molecule has 0 bridgehead atoms. The Morgan fingerprint density at radius 1 is 0.742 bits per heavy atom. The van der Waals surface area contributed by atoms with Crippen LogP contribution in [-0.4, -0.2) is 10.2 Å². The lowest BCUT2D eigenvalue weighted by atomic mass is 9.78. The van der Waals surface area contributed by atoms with Crippen LogP contribution in [0.25, 0.3) is 11.3 Å². The summed E-state index contributed by atoms with van der Waals surface area (Å²) in [6.45, 7) is 4.44. The van der Waals surface area contributed by atoms with Gasteiger partial charge in [0.2, 0.25) is 0 Å². The molecule has 2 nitrogen and oxygen atoms in total. The van der Waals surface area contributed by atoms with Gasteiger partial charge < -0.3 is 0 Å². The van der Waals surface area contributed by atoms with Crippen LogP contribution in [0.5, 0.6) is 0 Å². The van der Waals surface area contributed by atoms with Crippen LogP contribution in [0.4, 0.5) is 8.78 Å². The molecule has 31 heavy (non-hydrogen) atoms. The van der Waals surface area contributed by atoms with E-state index in [1.165, 1.54) is 57.8 Å². The third-order valence-corrected chi connectivity index (χ3v) is 6.93. The van der Waals surface area contributed by atoms with Crippen LogP contribution < -0.4 is 0 Å². The van der Waals surface area contributed by atoms with Crippen LogP contribution >= 0.6 is 0 Å². The summed E-state index contributed by atoms with van der Waals surface area (Å²) in [5.74, 6) is 0.00120. The van der Waals surface area contributed by atoms with Gasteiger partial charge in [0.15, 0.2) is 11.6 Å². The summed E-state index contributed by atoms with van der Waals surface area (Å²) >= 11 is 0. The molecule has 1 aromatic heterocycles. The van der Waals surface area contributed by atoms with Crippen LogP contribution in [0.1, 0.15) is 95.7 Å². The fourth-order valence-electron chi connectivity index (χ4n) is 4.93. The van der Waals surface area contributed by atoms with Gasteiger partial charge in [-0.15, -0.1) is 0 Å². The molecule has 170 valence electrons. The van der Waals surface area contributed by atoms with E-state index in [-0.39, 0.29) is 5.56 Å². The van der Waals surface area contributed by atoms with Crippen molar-refractivity contribution in [3.8, 4) is 11.3 Å². The Morgan fingerprint density at radius 2 is 1.48 bits per heavy atom. The molecule has 0 aliphatic heterocycles. The van der Waals surface area contributed by atoms with Crippen LogP contribution in [0, 0.1) is 23.5 Å². The average Bonchev–Trinajstić information content (AvgIpc) is 2.79. The van der Waals surface area contributed by atoms with Crippen molar-refractivity contribution in [3.05, 3.63) is 47.2 Å². The second-order valence-corrected chi connectivity index (χ2v) is 9.33. The Kier molecular flexibility index (Phi) is 9.42. The number of nitrogens with zero attached hydrogens (tertiary/aromatic N) is 2. The molecule has 0 N–H and O–H groups in total. The summed E-state index contributed by atoms with van der Waals surface area (Å²) in [5, 5.41) is 8.39. The van der Waals surface area contributed by atoms with Crippen molar-refractivity contribution in [2.24, 2.45) is 11.8 Å². The van der Waals surface area contributed by atoms with Crippen molar-refractivity contribution in [2.75, 3.05) is 0 Å². The van der Waals surface area contributed by atoms with Crippen molar-refractivity contribution in [2.45, 2.75) is 97.3 Å². The van der Waals surface area contributed by atoms with E-state index in [2.05, 4.69) is 24.0 Å². The van der Waals surface area contributed by atoms with E-state index in [4.69, 9.17) is 0 Å². The van der Waals surface area contributed by atoms with Gasteiger partial charge in [-0.05, 0) is 61.3 Å². The van der Waals surface area contributed by atoms with Crippen molar-refractivity contribution >= 4 is 0 Å². The third kappa shape index (κ3) is 6.82. The lowest BCUT2D eigenvalue weighted by molar-refractivity contribution is 0.251. The summed E-state index contributed by atoms with van der Waals surface area (Å²) in [5.41, 5.74) is 1.99. The summed E-state index contributed by atoms with van der Waals surface area (Å²) in [7, 11) is 0. The predicted molar refractivity (Wildman–Crippen MR) is 124 cm³/mol. The standard InChI is InChI=1S/C27H38F2N2/c1-3-5-6-7-9-23-17-19-25(31-30-23)24-18-16-22(26(28)27(24)29)15-14-21-12-10-20(8-4-2)11-13-21/h16-21H,3-15H2,1-2H3. The zero-order chi connectivity index (χ0) is 22.1. The number of hydrogen-bond acceptors (Lipinski definition) is 2. The molecule has 1 aliphatic rings. The summed E-state index contributed by atoms with van der Waals surface area (Å²) < 4.78 is 29.6. The minimum absolute atomic E-state index is 0.200. The second kappa shape index (κ2) is 12.3. The van der Waals surface area contributed by atoms with Gasteiger partial charge >= 0.3 is 0 Å². The van der Waals surface area contributed by atoms with Gasteiger partial charge in [0.25, 0.3) is 0 Å². The summed E-state index contributed by atoms with van der Waals surface area (Å²) in [4.78, 5) is 0. The van der Waals surface area contributed by atoms with E-state index < -0.39 is 11.6 Å². The highest BCUT2D eigenvalue weighted by atomic mass is 19.2. The highest BCUT2D eigenvalue weighted by molar-refractivity contribution is 5.60. The van der Waals surface area contributed by atoms with Crippen LogP contribution in [0.3, 0.4) is 0 Å². The summed E-state index contributed by atoms with van der Waals surface area (Å²) in [6, 6.07) is 7.04. The summed E-state index contributed by atoms with van der Waals surface area (Å²) in [6.07, 6.45) is 14.8. The molecule has 1 fully saturated rings. The highest BCUT2D eigenvalue weighted by Gasteiger charge is 2.22. The largest absolute Gasteiger partial charge is 0.203 e. The van der Waals surface area contributed by atoms with Gasteiger partial charge in [-0.2, -0.15) is 10.2 Å². The zero-order valence-electron chi connectivity index (χ0n) is 19.3. The molecule has 0 spiro atoms. The Labute approximate surface area is 186 Å². The molecule has 1 aromatic carbocycles. The molecule has 0 radical (unpaired) electrons. The highest BCUT2D eigenvalue weighted by Crippen LogP contribution is 2.34. The maximum atomic E-state index is 14.8. The number of aromatic nitrogens is 2. The maximum Gasteiger partial charge on any atom is 0.168 e. The van der Waals surface area contributed by atoms with Crippen molar-refractivity contribution in [1.29, 1.82) is 0 Å². The van der Waals surface area contributed by atoms with Gasteiger partial charge in [0.05, 0.1) is 11.4 Å². The molecule has 1 heterocycles. The van der Waals surface area contributed by atoms with Gasteiger partial charge in [0, 0.05) is 5.56 Å². The SMILES string of the molecule is CCCCCCc1ccc(-c2ccc(CCC3CCC(CCC)CC3)c(F)c2F)nn1. The quantitative estimate of drug-likeness (QED) is 0.338. The van der Waals surface area contributed by atoms with E-state index in [0.717, 1.165) is 30.9 Å². The average molecular weight is 429 g/mol. The zero-order valence-corrected chi connectivity index (χ0v) is 19.3. The third-order valence-electron chi connectivity index (χ3n) is 6.93. The lowest BCUT2D eigenvalue weighted by Gasteiger charge is -2.28. The predicted octanol–water partition coefficient (Wildman–Crippen LogP) is 8.08. The molecular formula is C27H38F2N2. The first-order valence-electron chi connectivity index (χ1n) is 12.4. The first-order chi connectivity index (χ1) is 15.1. The molecule has 0 saturated heterocycles. The van der Waals surface area contributed by atoms with Crippen LogP contribution in [-0.2, 0) is 12.8 Å². The van der Waals surface area contributed by atoms with Crippen LogP contribution in [0.2, 0.25) is 0 Å². The van der Waals surface area contributed by atoms with E-state index in [1.54, 1.807) is 18.2 Å². The molecule has 2 aromatic rings. The molecule has 0 unspecified atom stereocenters. The van der Waals surface area contributed by atoms with Crippen molar-refractivity contribution in [1.82, 2.24) is 10.2 Å². The Bertz CT molecular complexity index is 796. The Hall–Kier alpha value is -1.84. The molecule has 1 saturated carbocycles. The maximum absolute atomic E-state index is 14.8. The molecule has 0 atom stereocenters. The smallest absolute Gasteiger partial charge is 0.168 e. The molecule has 1 aliphatic carbocycles. The number of aryl methyl sites for hydroxylation is 2. The number of hydrogen-bond donors (Lipinski definition) is 0. The molecule has 4 heteroatoms. The molecule has 0 amide bonds. The fourth-order valence-corrected chi connectivity index (χ4v) is 4.93. The Balaban J connectivity index is 1.56. The first kappa shape index (κ1) is 23.8. The lowest BCUT2D eigenvalue weighted by Crippen LogP contribution is -2.15. The number of rotatable bonds is 11. The monoisotopic (exact) mass is 428 g/mol. The minimum Gasteiger partial charge on any atom is -0.203 e. The minimum atomic E-state index is -0.797. The second-order valence-electron chi connectivity index (χ2n) is 9.33. The number of unbranched alkanes of at least 4 members (excludes halogenated alkanes) is 3. The van der Waals surface area contributed by atoms with Gasteiger partial charge in [-0.25, -0.2) is 8.78 Å².